The van der Waals surface area contributed by atoms with E-state index >= 15 is 0 Å². The minimum absolute atomic E-state index is 0.0113. The summed E-state index contributed by atoms with van der Waals surface area (Å²) in [5.41, 5.74) is 3.12. The van der Waals surface area contributed by atoms with Gasteiger partial charge >= 0.3 is 0 Å². The first-order chi connectivity index (χ1) is 20.0. The molecule has 6 unspecified atom stereocenters. The third kappa shape index (κ3) is 3.97. The van der Waals surface area contributed by atoms with Crippen molar-refractivity contribution in [3.63, 3.8) is 0 Å². The van der Waals surface area contributed by atoms with Crippen LogP contribution in [0.25, 0.3) is 16.5 Å². The molecule has 3 amide bonds. The molecule has 1 aromatic carbocycles. The number of rotatable bonds is 5. The van der Waals surface area contributed by atoms with Crippen LogP contribution in [-0.2, 0) is 25.5 Å². The van der Waals surface area contributed by atoms with Gasteiger partial charge in [-0.15, -0.1) is 0 Å². The Labute approximate surface area is 255 Å². The predicted octanol–water partition coefficient (Wildman–Crippen LogP) is 3.87. The van der Waals surface area contributed by atoms with Gasteiger partial charge in [0.15, 0.2) is 6.23 Å². The maximum absolute atomic E-state index is 14.4. The molecule has 0 spiro atoms. The van der Waals surface area contributed by atoms with Gasteiger partial charge in [-0.1, -0.05) is 45.9 Å². The van der Waals surface area contributed by atoms with Crippen molar-refractivity contribution in [1.29, 1.82) is 0 Å². The van der Waals surface area contributed by atoms with Crippen molar-refractivity contribution >= 4 is 50.1 Å². The highest BCUT2D eigenvalue weighted by Gasteiger charge is 2.64. The smallest absolute Gasteiger partial charge is 0.279 e. The van der Waals surface area contributed by atoms with E-state index in [1.54, 1.807) is 4.90 Å². The van der Waals surface area contributed by atoms with Crippen LogP contribution in [0, 0.1) is 17.8 Å². The predicted molar refractivity (Wildman–Crippen MR) is 163 cm³/mol. The van der Waals surface area contributed by atoms with Crippen LogP contribution >= 0.6 is 15.9 Å². The molecule has 3 fully saturated rings. The molecule has 7 rings (SSSR count). The van der Waals surface area contributed by atoms with Crippen molar-refractivity contribution in [1.82, 2.24) is 25.0 Å². The van der Waals surface area contributed by atoms with Gasteiger partial charge in [-0.05, 0) is 77.3 Å². The molecule has 1 aromatic heterocycles. The molecular weight excluding hydrogens is 598 g/mol. The van der Waals surface area contributed by atoms with Crippen molar-refractivity contribution < 1.29 is 19.1 Å². The SMILES string of the molecule is CC(C)CC1C(=O)N2CCCC2C2OC(NC(=O)C3C=C4c5cccc6[nH]c(Br)c(c56)CC4N(C)C3)(C(C)C)C(=O)N12. The average Bonchev–Trinajstić information content (AvgIpc) is 3.63. The Balaban J connectivity index is 1.23. The first-order valence-electron chi connectivity index (χ1n) is 15.4. The summed E-state index contributed by atoms with van der Waals surface area (Å²) >= 11 is 3.72. The van der Waals surface area contributed by atoms with Crippen molar-refractivity contribution in [3.8, 4) is 0 Å². The highest BCUT2D eigenvalue weighted by molar-refractivity contribution is 9.10. The fourth-order valence-corrected chi connectivity index (χ4v) is 8.64. The number of fused-ring (bicyclic) bond motifs is 5. The van der Waals surface area contributed by atoms with E-state index < -0.39 is 23.9 Å². The number of ether oxygens (including phenoxy) is 1. The van der Waals surface area contributed by atoms with E-state index in [9.17, 15) is 14.4 Å². The average molecular weight is 639 g/mol. The summed E-state index contributed by atoms with van der Waals surface area (Å²) in [6.45, 7) is 9.19. The van der Waals surface area contributed by atoms with E-state index in [-0.39, 0.29) is 41.6 Å². The highest BCUT2D eigenvalue weighted by atomic mass is 79.9. The first-order valence-corrected chi connectivity index (χ1v) is 16.2. The van der Waals surface area contributed by atoms with Crippen LogP contribution in [0.4, 0.5) is 0 Å². The number of aromatic nitrogens is 1. The van der Waals surface area contributed by atoms with Gasteiger partial charge in [0.05, 0.1) is 16.6 Å². The first kappa shape index (κ1) is 28.1. The number of hydrogen-bond acceptors (Lipinski definition) is 5. The van der Waals surface area contributed by atoms with Gasteiger partial charge in [-0.3, -0.25) is 24.2 Å². The Morgan fingerprint density at radius 2 is 2.02 bits per heavy atom. The topological polar surface area (TPSA) is 98.0 Å². The van der Waals surface area contributed by atoms with Crippen LogP contribution in [-0.4, -0.2) is 87.6 Å². The summed E-state index contributed by atoms with van der Waals surface area (Å²) in [6, 6.07) is 5.67. The number of carbonyl (C=O) groups excluding carboxylic acids is 3. The molecule has 5 aliphatic rings. The largest absolute Gasteiger partial charge is 0.349 e. The fraction of sp³-hybridized carbons (Fsp3) is 0.594. The van der Waals surface area contributed by atoms with Gasteiger partial charge in [-0.25, -0.2) is 0 Å². The van der Waals surface area contributed by atoms with Gasteiger partial charge in [-0.2, -0.15) is 0 Å². The third-order valence-corrected chi connectivity index (χ3v) is 10.8. The standard InChI is InChI=1S/C32H40BrN5O4/c1-16(2)12-25-29(40)37-11-7-10-23(37)30-38(25)31(41)32(42-30,17(3)4)35-28(39)18-13-20-19-8-6-9-22-26(19)21(27(33)34-22)14-24(20)36(5)15-18/h6,8-9,13,16-18,23-25,30,34H,7,10-12,14-15H2,1-5H3,(H,35,39). The highest BCUT2D eigenvalue weighted by Crippen LogP contribution is 2.45. The number of carbonyl (C=O) groups is 3. The zero-order valence-electron chi connectivity index (χ0n) is 24.9. The maximum Gasteiger partial charge on any atom is 0.279 e. The molecule has 6 atom stereocenters. The molecule has 3 saturated heterocycles. The third-order valence-electron chi connectivity index (χ3n) is 10.2. The van der Waals surface area contributed by atoms with E-state index in [2.05, 4.69) is 70.2 Å². The van der Waals surface area contributed by atoms with Crippen molar-refractivity contribution in [2.45, 2.75) is 83.5 Å². The van der Waals surface area contributed by atoms with Crippen molar-refractivity contribution in [2.24, 2.45) is 17.8 Å². The van der Waals surface area contributed by atoms with Gasteiger partial charge in [0.1, 0.15) is 6.04 Å². The van der Waals surface area contributed by atoms with Crippen molar-refractivity contribution in [3.05, 3.63) is 40.0 Å². The lowest BCUT2D eigenvalue weighted by Gasteiger charge is -2.44. The lowest BCUT2D eigenvalue weighted by molar-refractivity contribution is -0.172. The molecule has 0 radical (unpaired) electrons. The number of nitrogens with one attached hydrogen (secondary N) is 2. The second-order valence-electron chi connectivity index (χ2n) is 13.5. The number of aromatic amines is 1. The monoisotopic (exact) mass is 637 g/mol. The summed E-state index contributed by atoms with van der Waals surface area (Å²) in [6.07, 6.45) is 4.65. The molecule has 42 heavy (non-hydrogen) atoms. The zero-order valence-corrected chi connectivity index (χ0v) is 26.5. The molecule has 9 nitrogen and oxygen atoms in total. The number of hydrogen-bond donors (Lipinski definition) is 2. The van der Waals surface area contributed by atoms with E-state index in [4.69, 9.17) is 4.74 Å². The molecule has 224 valence electrons. The molecule has 2 aromatic rings. The van der Waals surface area contributed by atoms with Crippen LogP contribution in [0.3, 0.4) is 0 Å². The van der Waals surface area contributed by atoms with Crippen LogP contribution in [0.15, 0.2) is 28.9 Å². The summed E-state index contributed by atoms with van der Waals surface area (Å²) in [5.74, 6) is -1.06. The minimum atomic E-state index is -1.52. The van der Waals surface area contributed by atoms with E-state index in [1.165, 1.54) is 10.9 Å². The number of nitrogens with zero attached hydrogens (tertiary/aromatic N) is 3. The summed E-state index contributed by atoms with van der Waals surface area (Å²) in [7, 11) is 2.07. The van der Waals surface area contributed by atoms with Crippen LogP contribution in [0.5, 0.6) is 0 Å². The Hall–Kier alpha value is -2.69. The summed E-state index contributed by atoms with van der Waals surface area (Å²) in [5, 5.41) is 4.34. The number of amides is 3. The number of piperazine rings is 1. The second-order valence-corrected chi connectivity index (χ2v) is 14.3. The number of benzene rings is 1. The molecule has 4 aliphatic heterocycles. The maximum atomic E-state index is 14.4. The Kier molecular flexibility index (Phi) is 6.64. The van der Waals surface area contributed by atoms with Crippen molar-refractivity contribution in [2.75, 3.05) is 20.1 Å². The molecule has 1 aliphatic carbocycles. The van der Waals surface area contributed by atoms with Crippen LogP contribution < -0.4 is 5.32 Å². The molecule has 5 heterocycles. The Morgan fingerprint density at radius 1 is 1.24 bits per heavy atom. The minimum Gasteiger partial charge on any atom is -0.349 e. The van der Waals surface area contributed by atoms with Gasteiger partial charge in [0.2, 0.25) is 17.5 Å². The van der Waals surface area contributed by atoms with Gasteiger partial charge in [0.25, 0.3) is 5.91 Å². The lowest BCUT2D eigenvalue weighted by Crippen LogP contribution is -2.65. The molecule has 0 saturated carbocycles. The zero-order chi connectivity index (χ0) is 29.7. The van der Waals surface area contributed by atoms with E-state index in [1.807, 2.05) is 24.8 Å². The molecule has 0 bridgehead atoms. The molecule has 2 N–H and O–H groups in total. The Bertz CT molecular complexity index is 1520. The normalized spacial score (nSPS) is 32.5. The fourth-order valence-electron chi connectivity index (χ4n) is 8.07. The van der Waals surface area contributed by atoms with Gasteiger partial charge in [0, 0.05) is 36.0 Å². The summed E-state index contributed by atoms with van der Waals surface area (Å²) in [4.78, 5) is 51.4. The van der Waals surface area contributed by atoms with E-state index in [0.717, 1.165) is 40.5 Å². The quantitative estimate of drug-likeness (QED) is 0.519. The Morgan fingerprint density at radius 3 is 2.76 bits per heavy atom. The second kappa shape index (κ2) is 9.92. The van der Waals surface area contributed by atoms with Crippen LogP contribution in [0.2, 0.25) is 0 Å². The van der Waals surface area contributed by atoms with Crippen LogP contribution in [0.1, 0.15) is 58.1 Å². The molecule has 10 heteroatoms. The number of likely N-dealkylation sites (N-methyl/N-ethyl adjacent to an activating group) is 1. The number of halogens is 1. The number of H-pyrrole nitrogens is 1. The van der Waals surface area contributed by atoms with E-state index in [0.29, 0.717) is 19.5 Å². The summed E-state index contributed by atoms with van der Waals surface area (Å²) < 4.78 is 7.71. The molecular formula is C32H40BrN5O4. The van der Waals surface area contributed by atoms with Gasteiger partial charge < -0.3 is 19.9 Å². The lowest BCUT2D eigenvalue weighted by atomic mass is 9.79.